The summed E-state index contributed by atoms with van der Waals surface area (Å²) in [6, 6.07) is 8.16. The average molecular weight is 365 g/mol. The molecule has 3 aromatic rings. The minimum Gasteiger partial charge on any atom is -0.298 e. The number of carbonyl (C=O) groups excluding carboxylic acids is 1. The smallest absolute Gasteiger partial charge is 0.153 e. The first-order valence-corrected chi connectivity index (χ1v) is 7.85. The number of aldehydes is 1. The fraction of sp³-hybridized carbons (Fsp3) is 0.0667. The first kappa shape index (κ1) is 14.2. The van der Waals surface area contributed by atoms with Crippen molar-refractivity contribution in [2.24, 2.45) is 0 Å². The Kier molecular flexibility index (Phi) is 3.98. The SMILES string of the molecule is O=Cc1cn(Cc2ccc(F)cc2)nc1-c1sccc1Br. The van der Waals surface area contributed by atoms with E-state index in [1.165, 1.54) is 23.5 Å². The van der Waals surface area contributed by atoms with E-state index >= 15 is 0 Å². The molecule has 0 fully saturated rings. The van der Waals surface area contributed by atoms with Crippen LogP contribution in [0.15, 0.2) is 46.4 Å². The van der Waals surface area contributed by atoms with Gasteiger partial charge in [0.2, 0.25) is 0 Å². The largest absolute Gasteiger partial charge is 0.298 e. The lowest BCUT2D eigenvalue weighted by atomic mass is 10.2. The summed E-state index contributed by atoms with van der Waals surface area (Å²) in [4.78, 5) is 12.2. The fourth-order valence-corrected chi connectivity index (χ4v) is 3.59. The summed E-state index contributed by atoms with van der Waals surface area (Å²) in [5.74, 6) is -0.268. The second-order valence-electron chi connectivity index (χ2n) is 4.47. The molecule has 0 amide bonds. The van der Waals surface area contributed by atoms with Crippen LogP contribution in [0.5, 0.6) is 0 Å². The molecule has 0 aliphatic heterocycles. The van der Waals surface area contributed by atoms with Crippen molar-refractivity contribution in [3.05, 3.63) is 63.3 Å². The Morgan fingerprint density at radius 1 is 1.29 bits per heavy atom. The van der Waals surface area contributed by atoms with Crippen molar-refractivity contribution < 1.29 is 9.18 Å². The van der Waals surface area contributed by atoms with Crippen molar-refractivity contribution in [2.75, 3.05) is 0 Å². The molecule has 0 unspecified atom stereocenters. The molecule has 2 heterocycles. The molecule has 0 bridgehead atoms. The highest BCUT2D eigenvalue weighted by Crippen LogP contribution is 2.34. The van der Waals surface area contributed by atoms with Gasteiger partial charge < -0.3 is 0 Å². The molecule has 21 heavy (non-hydrogen) atoms. The standard InChI is InChI=1S/C15H10BrFN2OS/c16-13-5-6-21-15(13)14-11(9-20)8-19(18-14)7-10-1-3-12(17)4-2-10/h1-6,8-9H,7H2. The van der Waals surface area contributed by atoms with Crippen LogP contribution >= 0.6 is 27.3 Å². The molecule has 0 atom stereocenters. The molecule has 0 N–H and O–H groups in total. The third-order valence-corrected chi connectivity index (χ3v) is 4.85. The Morgan fingerprint density at radius 3 is 2.67 bits per heavy atom. The van der Waals surface area contributed by atoms with Crippen LogP contribution in [0.3, 0.4) is 0 Å². The lowest BCUT2D eigenvalue weighted by Crippen LogP contribution is -2.00. The Bertz CT molecular complexity index is 779. The first-order chi connectivity index (χ1) is 10.2. The molecule has 0 aliphatic carbocycles. The van der Waals surface area contributed by atoms with Crippen molar-refractivity contribution in [3.63, 3.8) is 0 Å². The average Bonchev–Trinajstić information content (AvgIpc) is 3.07. The zero-order valence-electron chi connectivity index (χ0n) is 10.8. The van der Waals surface area contributed by atoms with Crippen molar-refractivity contribution in [2.45, 2.75) is 6.54 Å². The molecule has 0 saturated carbocycles. The molecular formula is C15H10BrFN2OS. The number of carbonyl (C=O) groups is 1. The molecule has 0 saturated heterocycles. The Balaban J connectivity index is 1.94. The quantitative estimate of drug-likeness (QED) is 0.644. The van der Waals surface area contributed by atoms with E-state index in [9.17, 15) is 9.18 Å². The van der Waals surface area contributed by atoms with E-state index in [2.05, 4.69) is 21.0 Å². The third-order valence-electron chi connectivity index (χ3n) is 3.01. The van der Waals surface area contributed by atoms with Crippen LogP contribution in [0.1, 0.15) is 15.9 Å². The predicted octanol–water partition coefficient (Wildman–Crippen LogP) is 4.37. The lowest BCUT2D eigenvalue weighted by molar-refractivity contribution is 0.112. The highest BCUT2D eigenvalue weighted by molar-refractivity contribution is 9.10. The number of thiophene rings is 1. The molecule has 1 aromatic carbocycles. The normalized spacial score (nSPS) is 10.8. The van der Waals surface area contributed by atoms with Gasteiger partial charge in [0.1, 0.15) is 11.5 Å². The second-order valence-corrected chi connectivity index (χ2v) is 6.24. The molecule has 0 spiro atoms. The number of hydrogen-bond acceptors (Lipinski definition) is 3. The Hall–Kier alpha value is -1.79. The molecular weight excluding hydrogens is 355 g/mol. The maximum Gasteiger partial charge on any atom is 0.153 e. The number of nitrogens with zero attached hydrogens (tertiary/aromatic N) is 2. The molecule has 2 aromatic heterocycles. The molecule has 0 aliphatic rings. The van der Waals surface area contributed by atoms with E-state index < -0.39 is 0 Å². The molecule has 3 nitrogen and oxygen atoms in total. The summed E-state index contributed by atoms with van der Waals surface area (Å²) in [6.45, 7) is 0.490. The van der Waals surface area contributed by atoms with Gasteiger partial charge in [-0.15, -0.1) is 11.3 Å². The van der Waals surface area contributed by atoms with Gasteiger partial charge in [-0.2, -0.15) is 5.10 Å². The fourth-order valence-electron chi connectivity index (χ4n) is 2.02. The Morgan fingerprint density at radius 2 is 2.05 bits per heavy atom. The summed E-state index contributed by atoms with van der Waals surface area (Å²) in [5.41, 5.74) is 2.13. The summed E-state index contributed by atoms with van der Waals surface area (Å²) in [5, 5.41) is 6.41. The highest BCUT2D eigenvalue weighted by atomic mass is 79.9. The van der Waals surface area contributed by atoms with Gasteiger partial charge in [0.05, 0.1) is 17.0 Å². The highest BCUT2D eigenvalue weighted by Gasteiger charge is 2.14. The molecule has 106 valence electrons. The van der Waals surface area contributed by atoms with Gasteiger partial charge in [-0.25, -0.2) is 4.39 Å². The minimum atomic E-state index is -0.268. The van der Waals surface area contributed by atoms with Gasteiger partial charge in [-0.3, -0.25) is 9.48 Å². The van der Waals surface area contributed by atoms with E-state index in [0.717, 1.165) is 21.2 Å². The van der Waals surface area contributed by atoms with Crippen LogP contribution in [-0.2, 0) is 6.54 Å². The van der Waals surface area contributed by atoms with Gasteiger partial charge >= 0.3 is 0 Å². The number of rotatable bonds is 4. The van der Waals surface area contributed by atoms with E-state index in [0.29, 0.717) is 17.8 Å². The van der Waals surface area contributed by atoms with Crippen LogP contribution in [0.25, 0.3) is 10.6 Å². The van der Waals surface area contributed by atoms with Gasteiger partial charge in [-0.1, -0.05) is 12.1 Å². The number of hydrogen-bond donors (Lipinski definition) is 0. The number of aromatic nitrogens is 2. The van der Waals surface area contributed by atoms with E-state index in [-0.39, 0.29) is 5.82 Å². The van der Waals surface area contributed by atoms with Gasteiger partial charge in [0.25, 0.3) is 0 Å². The van der Waals surface area contributed by atoms with Crippen LogP contribution in [0.4, 0.5) is 4.39 Å². The van der Waals surface area contributed by atoms with E-state index in [1.54, 1.807) is 23.0 Å². The van der Waals surface area contributed by atoms with E-state index in [4.69, 9.17) is 0 Å². The van der Waals surface area contributed by atoms with Crippen molar-refractivity contribution in [1.29, 1.82) is 0 Å². The molecule has 6 heteroatoms. The van der Waals surface area contributed by atoms with Gasteiger partial charge in [0.15, 0.2) is 6.29 Å². The van der Waals surface area contributed by atoms with Gasteiger partial charge in [0, 0.05) is 10.7 Å². The second kappa shape index (κ2) is 5.91. The van der Waals surface area contributed by atoms with Crippen molar-refractivity contribution in [1.82, 2.24) is 9.78 Å². The van der Waals surface area contributed by atoms with E-state index in [1.807, 2.05) is 11.4 Å². The number of halogens is 2. The maximum atomic E-state index is 12.9. The van der Waals surface area contributed by atoms with Crippen LogP contribution < -0.4 is 0 Å². The van der Waals surface area contributed by atoms with Crippen LogP contribution in [0.2, 0.25) is 0 Å². The summed E-state index contributed by atoms with van der Waals surface area (Å²) >= 11 is 4.98. The molecule has 0 radical (unpaired) electrons. The van der Waals surface area contributed by atoms with Crippen molar-refractivity contribution in [3.8, 4) is 10.6 Å². The first-order valence-electron chi connectivity index (χ1n) is 6.18. The molecule has 3 rings (SSSR count). The summed E-state index contributed by atoms with van der Waals surface area (Å²) in [6.07, 6.45) is 2.51. The lowest BCUT2D eigenvalue weighted by Gasteiger charge is -2.01. The number of benzene rings is 1. The maximum absolute atomic E-state index is 12.9. The third kappa shape index (κ3) is 2.96. The van der Waals surface area contributed by atoms with Crippen LogP contribution in [-0.4, -0.2) is 16.1 Å². The summed E-state index contributed by atoms with van der Waals surface area (Å²) in [7, 11) is 0. The van der Waals surface area contributed by atoms with Crippen molar-refractivity contribution >= 4 is 33.6 Å². The summed E-state index contributed by atoms with van der Waals surface area (Å²) < 4.78 is 15.5. The zero-order chi connectivity index (χ0) is 14.8. The zero-order valence-corrected chi connectivity index (χ0v) is 13.2. The Labute approximate surface area is 133 Å². The predicted molar refractivity (Wildman–Crippen MR) is 84.1 cm³/mol. The van der Waals surface area contributed by atoms with Gasteiger partial charge in [-0.05, 0) is 45.1 Å². The minimum absolute atomic E-state index is 0.268. The van der Waals surface area contributed by atoms with Crippen LogP contribution in [0, 0.1) is 5.82 Å². The monoisotopic (exact) mass is 364 g/mol. The topological polar surface area (TPSA) is 34.9 Å².